The van der Waals surface area contributed by atoms with Crippen LogP contribution >= 0.6 is 0 Å². The smallest absolute Gasteiger partial charge is 0.231 e. The summed E-state index contributed by atoms with van der Waals surface area (Å²) < 4.78 is 16.8. The molecule has 0 bridgehead atoms. The van der Waals surface area contributed by atoms with Crippen molar-refractivity contribution in [1.29, 1.82) is 0 Å². The van der Waals surface area contributed by atoms with E-state index in [0.29, 0.717) is 29.1 Å². The predicted octanol–water partition coefficient (Wildman–Crippen LogP) is 2.89. The number of methoxy groups -OCH3 is 1. The summed E-state index contributed by atoms with van der Waals surface area (Å²) in [5, 5.41) is 11.1. The van der Waals surface area contributed by atoms with Crippen LogP contribution in [0, 0.1) is 0 Å². The van der Waals surface area contributed by atoms with Crippen LogP contribution in [0.25, 0.3) is 10.9 Å². The molecule has 0 saturated carbocycles. The fourth-order valence-electron chi connectivity index (χ4n) is 4.02. The molecule has 5 rings (SSSR count). The monoisotopic (exact) mass is 379 g/mol. The van der Waals surface area contributed by atoms with Gasteiger partial charge in [-0.1, -0.05) is 12.1 Å². The normalized spacial score (nSPS) is 17.6. The van der Waals surface area contributed by atoms with E-state index in [1.54, 1.807) is 13.2 Å². The number of ketones is 1. The van der Waals surface area contributed by atoms with Gasteiger partial charge < -0.3 is 19.4 Å². The van der Waals surface area contributed by atoms with Gasteiger partial charge in [0.25, 0.3) is 0 Å². The van der Waals surface area contributed by atoms with Gasteiger partial charge in [0.1, 0.15) is 5.75 Å². The molecule has 2 aromatic carbocycles. The molecule has 1 aromatic heterocycles. The Balaban J connectivity index is 1.66. The molecule has 0 spiro atoms. The fourth-order valence-corrected chi connectivity index (χ4v) is 4.02. The van der Waals surface area contributed by atoms with Crippen LogP contribution in [0.1, 0.15) is 34.0 Å². The average Bonchev–Trinajstić information content (AvgIpc) is 3.18. The molecule has 0 amide bonds. The Bertz CT molecular complexity index is 1180. The third kappa shape index (κ3) is 2.36. The second kappa shape index (κ2) is 6.02. The highest BCUT2D eigenvalue weighted by Crippen LogP contribution is 2.38. The number of carbonyl (C=O) groups is 1. The minimum atomic E-state index is -0.383. The topological polar surface area (TPSA) is 87.0 Å². The summed E-state index contributed by atoms with van der Waals surface area (Å²) in [6.07, 6.45) is 0.591. The van der Waals surface area contributed by atoms with E-state index in [1.807, 2.05) is 24.3 Å². The predicted molar refractivity (Wildman–Crippen MR) is 99.9 cm³/mol. The molecule has 2 heterocycles. The molecular weight excluding hydrogens is 362 g/mol. The van der Waals surface area contributed by atoms with Gasteiger partial charge in [-0.25, -0.2) is 0 Å². The van der Waals surface area contributed by atoms with Gasteiger partial charge in [0, 0.05) is 12.5 Å². The van der Waals surface area contributed by atoms with Crippen molar-refractivity contribution in [2.45, 2.75) is 18.8 Å². The van der Waals surface area contributed by atoms with E-state index in [0.717, 1.165) is 16.0 Å². The van der Waals surface area contributed by atoms with E-state index < -0.39 is 0 Å². The van der Waals surface area contributed by atoms with E-state index in [4.69, 9.17) is 14.2 Å². The molecule has 1 aliphatic heterocycles. The number of pyridine rings is 1. The Kier molecular flexibility index (Phi) is 3.58. The molecule has 1 atom stereocenters. The summed E-state index contributed by atoms with van der Waals surface area (Å²) in [5.41, 5.74) is 1.26. The zero-order valence-electron chi connectivity index (χ0n) is 15.1. The number of aromatic nitrogens is 1. The number of hydrogen-bond donors (Lipinski definition) is 1. The molecule has 142 valence electrons. The molecular formula is C21H17NO6. The molecule has 1 N–H and O–H groups in total. The molecule has 7 nitrogen and oxygen atoms in total. The molecule has 0 saturated heterocycles. The van der Waals surface area contributed by atoms with Crippen LogP contribution in [-0.4, -0.2) is 29.6 Å². The molecule has 0 radical (unpaired) electrons. The first kappa shape index (κ1) is 16.7. The van der Waals surface area contributed by atoms with Gasteiger partial charge in [0.05, 0.1) is 29.3 Å². The van der Waals surface area contributed by atoms with Crippen LogP contribution in [0.5, 0.6) is 17.2 Å². The van der Waals surface area contributed by atoms with Gasteiger partial charge in [-0.05, 0) is 36.1 Å². The third-order valence-corrected chi connectivity index (χ3v) is 5.47. The van der Waals surface area contributed by atoms with Crippen molar-refractivity contribution in [3.05, 3.63) is 63.4 Å². The van der Waals surface area contributed by atoms with E-state index in [9.17, 15) is 14.8 Å². The summed E-state index contributed by atoms with van der Waals surface area (Å²) in [7, 11) is 1.59. The number of hydrogen-bond acceptors (Lipinski definition) is 6. The van der Waals surface area contributed by atoms with Crippen LogP contribution in [0.3, 0.4) is 0 Å². The Morgan fingerprint density at radius 3 is 2.50 bits per heavy atom. The van der Waals surface area contributed by atoms with E-state index in [2.05, 4.69) is 0 Å². The second-order valence-electron chi connectivity index (χ2n) is 6.99. The van der Waals surface area contributed by atoms with Gasteiger partial charge in [0.15, 0.2) is 17.3 Å². The maximum Gasteiger partial charge on any atom is 0.231 e. The average molecular weight is 379 g/mol. The highest BCUT2D eigenvalue weighted by atomic mass is 16.7. The quantitative estimate of drug-likeness (QED) is 0.689. The zero-order valence-corrected chi connectivity index (χ0v) is 15.1. The number of rotatable bonds is 2. The molecule has 1 unspecified atom stereocenters. The molecule has 3 aromatic rings. The second-order valence-corrected chi connectivity index (χ2v) is 6.99. The first-order chi connectivity index (χ1) is 13.6. The lowest BCUT2D eigenvalue weighted by molar-refractivity contribution is 0.0949. The highest BCUT2D eigenvalue weighted by Gasteiger charge is 2.33. The largest absolute Gasteiger partial charge is 0.497 e. The number of benzene rings is 2. The molecule has 2 aliphatic rings. The minimum absolute atomic E-state index is 0.0543. The number of nitrogens with zero attached hydrogens (tertiary/aromatic N) is 1. The third-order valence-electron chi connectivity index (χ3n) is 5.47. The van der Waals surface area contributed by atoms with E-state index in [-0.39, 0.29) is 41.3 Å². The molecule has 0 fully saturated rings. The Morgan fingerprint density at radius 2 is 1.79 bits per heavy atom. The van der Waals surface area contributed by atoms with E-state index in [1.165, 1.54) is 6.07 Å². The summed E-state index contributed by atoms with van der Waals surface area (Å²) in [6, 6.07) is 10.6. The number of Topliss-reactive ketones (excluding diaryl/α,β-unsaturated/α-hetero) is 1. The molecule has 7 heteroatoms. The summed E-state index contributed by atoms with van der Waals surface area (Å²) in [4.78, 5) is 25.8. The lowest BCUT2D eigenvalue weighted by atomic mass is 9.81. The summed E-state index contributed by atoms with van der Waals surface area (Å²) in [6.45, 7) is 0.0590. The lowest BCUT2D eigenvalue weighted by Crippen LogP contribution is -2.30. The lowest BCUT2D eigenvalue weighted by Gasteiger charge is -2.25. The number of ether oxygens (including phenoxy) is 3. The zero-order chi connectivity index (χ0) is 19.4. The van der Waals surface area contributed by atoms with Crippen LogP contribution in [0.4, 0.5) is 0 Å². The maximum atomic E-state index is 13.0. The maximum absolute atomic E-state index is 13.0. The van der Waals surface area contributed by atoms with Gasteiger partial charge >= 0.3 is 0 Å². The minimum Gasteiger partial charge on any atom is -0.497 e. The fraction of sp³-hybridized carbons (Fsp3) is 0.238. The molecule has 1 aliphatic carbocycles. The van der Waals surface area contributed by atoms with Gasteiger partial charge in [-0.15, -0.1) is 0 Å². The highest BCUT2D eigenvalue weighted by molar-refractivity contribution is 6.02. The van der Waals surface area contributed by atoms with E-state index >= 15 is 0 Å². The van der Waals surface area contributed by atoms with Crippen molar-refractivity contribution in [2.24, 2.45) is 0 Å². The number of carbonyl (C=O) groups excluding carboxylic acids is 1. The Hall–Kier alpha value is -3.48. The first-order valence-corrected chi connectivity index (χ1v) is 8.94. The van der Waals surface area contributed by atoms with Crippen molar-refractivity contribution in [3.63, 3.8) is 0 Å². The van der Waals surface area contributed by atoms with Gasteiger partial charge in [0.2, 0.25) is 12.2 Å². The first-order valence-electron chi connectivity index (χ1n) is 8.94. The van der Waals surface area contributed by atoms with Crippen molar-refractivity contribution in [1.82, 2.24) is 4.73 Å². The van der Waals surface area contributed by atoms with Gasteiger partial charge in [-0.3, -0.25) is 9.59 Å². The SMILES string of the molecule is COc1ccc(C2CC(=O)c3c(n(O)c4cc5c(cc4c3=O)OCO5)C2)cc1. The Morgan fingerprint density at radius 1 is 1.07 bits per heavy atom. The number of fused-ring (bicyclic) bond motifs is 3. The standard InChI is InChI=1S/C21H17NO6/c1-26-13-4-2-11(3-5-13)12-6-16-20(17(23)7-12)21(24)14-8-18-19(28-10-27-18)9-15(14)22(16)25/h2-5,8-9,12,25H,6-7,10H2,1H3. The van der Waals surface area contributed by atoms with Crippen LogP contribution < -0.4 is 19.6 Å². The van der Waals surface area contributed by atoms with Crippen LogP contribution in [-0.2, 0) is 6.42 Å². The van der Waals surface area contributed by atoms with Crippen molar-refractivity contribution >= 4 is 16.7 Å². The molecule has 28 heavy (non-hydrogen) atoms. The summed E-state index contributed by atoms with van der Waals surface area (Å²) >= 11 is 0. The van der Waals surface area contributed by atoms with Gasteiger partial charge in [-0.2, -0.15) is 4.73 Å². The van der Waals surface area contributed by atoms with Crippen LogP contribution in [0.2, 0.25) is 0 Å². The Labute approximate surface area is 159 Å². The van der Waals surface area contributed by atoms with Crippen LogP contribution in [0.15, 0.2) is 41.2 Å². The van der Waals surface area contributed by atoms with Crippen molar-refractivity contribution in [3.8, 4) is 17.2 Å². The van der Waals surface area contributed by atoms with Crippen molar-refractivity contribution < 1.29 is 24.2 Å². The van der Waals surface area contributed by atoms with Crippen molar-refractivity contribution in [2.75, 3.05) is 13.9 Å². The summed E-state index contributed by atoms with van der Waals surface area (Å²) in [5.74, 6) is 1.23.